The summed E-state index contributed by atoms with van der Waals surface area (Å²) in [6, 6.07) is 10.2. The largest absolute Gasteiger partial charge is 0.493 e. The van der Waals surface area contributed by atoms with Crippen LogP contribution in [0, 0.1) is 5.92 Å². The van der Waals surface area contributed by atoms with Gasteiger partial charge in [0.2, 0.25) is 0 Å². The highest BCUT2D eigenvalue weighted by Gasteiger charge is 2.31. The zero-order valence-electron chi connectivity index (χ0n) is 11.3. The average Bonchev–Trinajstić information content (AvgIpc) is 3.10. The van der Waals surface area contributed by atoms with Crippen LogP contribution < -0.4 is 4.74 Å². The Morgan fingerprint density at radius 2 is 2.10 bits per heavy atom. The predicted octanol–water partition coefficient (Wildman–Crippen LogP) is 3.26. The molecular weight excluding hydrogens is 250 g/mol. The van der Waals surface area contributed by atoms with Crippen LogP contribution in [-0.2, 0) is 6.54 Å². The van der Waals surface area contributed by atoms with Crippen molar-refractivity contribution in [1.82, 2.24) is 4.57 Å². The molecule has 102 valence electrons. The number of hydrogen-bond acceptors (Lipinski definition) is 2. The molecule has 0 saturated heterocycles. The molecule has 2 aliphatic rings. The van der Waals surface area contributed by atoms with E-state index in [4.69, 9.17) is 4.74 Å². The Morgan fingerprint density at radius 3 is 2.95 bits per heavy atom. The number of carbonyl (C=O) groups is 1. The Labute approximate surface area is 118 Å². The van der Waals surface area contributed by atoms with Crippen LogP contribution in [0.1, 0.15) is 34.7 Å². The molecule has 1 fully saturated rings. The van der Waals surface area contributed by atoms with Gasteiger partial charge in [-0.1, -0.05) is 18.2 Å². The maximum absolute atomic E-state index is 12.0. The van der Waals surface area contributed by atoms with E-state index in [9.17, 15) is 4.79 Å². The third-order valence-corrected chi connectivity index (χ3v) is 4.21. The van der Waals surface area contributed by atoms with Gasteiger partial charge in [0.05, 0.1) is 6.61 Å². The van der Waals surface area contributed by atoms with Gasteiger partial charge in [-0.2, -0.15) is 0 Å². The molecule has 1 aromatic carbocycles. The molecule has 2 aromatic rings. The summed E-state index contributed by atoms with van der Waals surface area (Å²) >= 11 is 0. The normalized spacial score (nSPS) is 20.5. The molecule has 2 heterocycles. The van der Waals surface area contributed by atoms with Crippen LogP contribution in [0.4, 0.5) is 0 Å². The van der Waals surface area contributed by atoms with E-state index in [-0.39, 0.29) is 0 Å². The first-order valence-corrected chi connectivity index (χ1v) is 7.23. The molecule has 3 nitrogen and oxygen atoms in total. The highest BCUT2D eigenvalue weighted by Crippen LogP contribution is 2.35. The summed E-state index contributed by atoms with van der Waals surface area (Å²) in [5.41, 5.74) is 2.14. The number of ether oxygens (including phenoxy) is 1. The molecule has 4 rings (SSSR count). The molecule has 0 bridgehead atoms. The Bertz CT molecular complexity index is 655. The number of aromatic nitrogens is 1. The van der Waals surface area contributed by atoms with Crippen LogP contribution in [0.5, 0.6) is 5.75 Å². The van der Waals surface area contributed by atoms with Crippen molar-refractivity contribution in [2.75, 3.05) is 6.61 Å². The number of hydrogen-bond donors (Lipinski definition) is 0. The highest BCUT2D eigenvalue weighted by atomic mass is 16.5. The van der Waals surface area contributed by atoms with Crippen LogP contribution in [0.3, 0.4) is 0 Å². The summed E-state index contributed by atoms with van der Waals surface area (Å²) in [6.07, 6.45) is 6.12. The smallest absolute Gasteiger partial charge is 0.167 e. The fourth-order valence-electron chi connectivity index (χ4n) is 2.92. The van der Waals surface area contributed by atoms with Gasteiger partial charge >= 0.3 is 0 Å². The van der Waals surface area contributed by atoms with Gasteiger partial charge in [-0.25, -0.2) is 0 Å². The quantitative estimate of drug-likeness (QED) is 0.796. The molecule has 20 heavy (non-hydrogen) atoms. The number of ketones is 1. The van der Waals surface area contributed by atoms with Gasteiger partial charge in [0.1, 0.15) is 5.75 Å². The fourth-order valence-corrected chi connectivity index (χ4v) is 2.92. The standard InChI is InChI=1S/C17H17NO2/c19-17(12-5-6-12)13-7-8-18(9-13)10-14-11-20-16-4-2-1-3-15(14)16/h1-4,7-9,12,14H,5-6,10-11H2. The second-order valence-corrected chi connectivity index (χ2v) is 5.78. The van der Waals surface area contributed by atoms with E-state index in [1.807, 2.05) is 30.6 Å². The molecule has 1 aromatic heterocycles. The van der Waals surface area contributed by atoms with E-state index < -0.39 is 0 Å². The maximum Gasteiger partial charge on any atom is 0.167 e. The Kier molecular flexibility index (Phi) is 2.66. The first-order valence-electron chi connectivity index (χ1n) is 7.23. The molecule has 0 radical (unpaired) electrons. The van der Waals surface area contributed by atoms with E-state index in [0.717, 1.165) is 37.3 Å². The van der Waals surface area contributed by atoms with E-state index in [2.05, 4.69) is 16.7 Å². The lowest BCUT2D eigenvalue weighted by atomic mass is 10.0. The minimum Gasteiger partial charge on any atom is -0.493 e. The number of rotatable bonds is 4. The molecule has 1 aliphatic carbocycles. The van der Waals surface area contributed by atoms with E-state index >= 15 is 0 Å². The van der Waals surface area contributed by atoms with E-state index in [1.54, 1.807) is 0 Å². The van der Waals surface area contributed by atoms with Crippen molar-refractivity contribution < 1.29 is 9.53 Å². The number of carbonyl (C=O) groups excluding carboxylic acids is 1. The van der Waals surface area contributed by atoms with Crippen LogP contribution in [0.2, 0.25) is 0 Å². The summed E-state index contributed by atoms with van der Waals surface area (Å²) in [4.78, 5) is 12.0. The van der Waals surface area contributed by atoms with Gasteiger partial charge in [0.25, 0.3) is 0 Å². The predicted molar refractivity (Wildman–Crippen MR) is 76.2 cm³/mol. The van der Waals surface area contributed by atoms with Crippen LogP contribution in [-0.4, -0.2) is 17.0 Å². The molecule has 0 amide bonds. The average molecular weight is 267 g/mol. The molecular formula is C17H17NO2. The van der Waals surface area contributed by atoms with Crippen molar-refractivity contribution in [3.63, 3.8) is 0 Å². The monoisotopic (exact) mass is 267 g/mol. The van der Waals surface area contributed by atoms with E-state index in [0.29, 0.717) is 17.6 Å². The van der Waals surface area contributed by atoms with Crippen molar-refractivity contribution in [3.8, 4) is 5.75 Å². The van der Waals surface area contributed by atoms with Crippen molar-refractivity contribution in [1.29, 1.82) is 0 Å². The van der Waals surface area contributed by atoms with Gasteiger partial charge in [-0.3, -0.25) is 4.79 Å². The first kappa shape index (κ1) is 11.8. The third kappa shape index (κ3) is 2.03. The highest BCUT2D eigenvalue weighted by molar-refractivity contribution is 5.99. The molecule has 1 atom stereocenters. The number of para-hydroxylation sites is 1. The molecule has 1 unspecified atom stereocenters. The minimum atomic E-state index is 0.293. The number of fused-ring (bicyclic) bond motifs is 1. The van der Waals surface area contributed by atoms with Gasteiger partial charge in [0.15, 0.2) is 5.78 Å². The van der Waals surface area contributed by atoms with Crippen LogP contribution in [0.25, 0.3) is 0 Å². The molecule has 1 aliphatic heterocycles. The van der Waals surface area contributed by atoms with Crippen molar-refractivity contribution in [2.24, 2.45) is 5.92 Å². The van der Waals surface area contributed by atoms with Crippen LogP contribution >= 0.6 is 0 Å². The Hall–Kier alpha value is -2.03. The van der Waals surface area contributed by atoms with Crippen molar-refractivity contribution in [3.05, 3.63) is 53.9 Å². The molecule has 0 N–H and O–H groups in total. The Morgan fingerprint density at radius 1 is 1.25 bits per heavy atom. The van der Waals surface area contributed by atoms with Gasteiger partial charge < -0.3 is 9.30 Å². The number of nitrogens with zero attached hydrogens (tertiary/aromatic N) is 1. The maximum atomic E-state index is 12.0. The Balaban J connectivity index is 1.51. The lowest BCUT2D eigenvalue weighted by Gasteiger charge is -2.09. The SMILES string of the molecule is O=C(c1ccn(CC2COc3ccccc32)c1)C1CC1. The van der Waals surface area contributed by atoms with Crippen molar-refractivity contribution in [2.45, 2.75) is 25.3 Å². The summed E-state index contributed by atoms with van der Waals surface area (Å²) < 4.78 is 7.82. The van der Waals surface area contributed by atoms with Gasteiger partial charge in [-0.15, -0.1) is 0 Å². The first-order chi connectivity index (χ1) is 9.81. The molecule has 3 heteroatoms. The molecule has 0 spiro atoms. The molecule has 1 saturated carbocycles. The van der Waals surface area contributed by atoms with Crippen molar-refractivity contribution >= 4 is 5.78 Å². The lowest BCUT2D eigenvalue weighted by Crippen LogP contribution is -2.09. The van der Waals surface area contributed by atoms with Crippen LogP contribution in [0.15, 0.2) is 42.7 Å². The fraction of sp³-hybridized carbons (Fsp3) is 0.353. The zero-order valence-corrected chi connectivity index (χ0v) is 11.3. The summed E-state index contributed by atoms with van der Waals surface area (Å²) in [7, 11) is 0. The third-order valence-electron chi connectivity index (χ3n) is 4.21. The minimum absolute atomic E-state index is 0.293. The summed E-state index contributed by atoms with van der Waals surface area (Å²) in [6.45, 7) is 1.60. The number of Topliss-reactive ketones (excluding diaryl/α,β-unsaturated/α-hetero) is 1. The van der Waals surface area contributed by atoms with E-state index in [1.165, 1.54) is 5.56 Å². The van der Waals surface area contributed by atoms with Gasteiger partial charge in [0, 0.05) is 41.9 Å². The second-order valence-electron chi connectivity index (χ2n) is 5.78. The second kappa shape index (κ2) is 4.51. The topological polar surface area (TPSA) is 31.2 Å². The lowest BCUT2D eigenvalue weighted by molar-refractivity contribution is 0.0967. The van der Waals surface area contributed by atoms with Gasteiger partial charge in [-0.05, 0) is 25.0 Å². The summed E-state index contributed by atoms with van der Waals surface area (Å²) in [5.74, 6) is 1.98. The number of benzene rings is 1. The zero-order chi connectivity index (χ0) is 13.5. The summed E-state index contributed by atoms with van der Waals surface area (Å²) in [5, 5.41) is 0.